The molecule has 0 aliphatic rings. The van der Waals surface area contributed by atoms with Gasteiger partial charge in [0.2, 0.25) is 0 Å². The van der Waals surface area contributed by atoms with Crippen LogP contribution in [0.1, 0.15) is 35.8 Å². The summed E-state index contributed by atoms with van der Waals surface area (Å²) in [5.74, 6) is 0.307. The van der Waals surface area contributed by atoms with Crippen molar-refractivity contribution >= 4 is 11.7 Å². The molecule has 0 bridgehead atoms. The van der Waals surface area contributed by atoms with Crippen LogP contribution in [0.3, 0.4) is 0 Å². The van der Waals surface area contributed by atoms with Crippen LogP contribution in [0.15, 0.2) is 61.2 Å². The first kappa shape index (κ1) is 18.3. The molecule has 0 aliphatic carbocycles. The number of carbonyl (C=O) groups is 2. The van der Waals surface area contributed by atoms with E-state index in [1.54, 1.807) is 35.3 Å². The topological polar surface area (TPSA) is 86.1 Å². The Hall–Kier alpha value is -3.48. The zero-order valence-corrected chi connectivity index (χ0v) is 15.1. The predicted molar refractivity (Wildman–Crippen MR) is 99.9 cm³/mol. The number of nitrogens with one attached hydrogen (secondary N) is 1. The molecule has 0 aliphatic heterocycles. The highest BCUT2D eigenvalue weighted by molar-refractivity contribution is 5.94. The van der Waals surface area contributed by atoms with Crippen molar-refractivity contribution in [3.63, 3.8) is 0 Å². The second-order valence-corrected chi connectivity index (χ2v) is 6.09. The lowest BCUT2D eigenvalue weighted by Gasteiger charge is -2.15. The molecule has 138 valence electrons. The molecule has 0 saturated heterocycles. The molecule has 3 aromatic rings. The Morgan fingerprint density at radius 1 is 1.11 bits per heavy atom. The lowest BCUT2D eigenvalue weighted by molar-refractivity contribution is -0.123. The number of hydrogen-bond donors (Lipinski definition) is 1. The number of ether oxygens (including phenoxy) is 1. The zero-order valence-electron chi connectivity index (χ0n) is 15.1. The Labute approximate surface area is 157 Å². The van der Waals surface area contributed by atoms with Gasteiger partial charge in [-0.3, -0.25) is 9.59 Å². The Morgan fingerprint density at radius 2 is 1.81 bits per heavy atom. The molecule has 3 rings (SSSR count). The van der Waals surface area contributed by atoms with E-state index in [9.17, 15) is 9.59 Å². The van der Waals surface area contributed by atoms with Crippen molar-refractivity contribution in [1.82, 2.24) is 20.1 Å². The molecule has 1 aromatic heterocycles. The van der Waals surface area contributed by atoms with Crippen LogP contribution in [0.2, 0.25) is 0 Å². The number of aromatic nitrogens is 3. The molecule has 0 unspecified atom stereocenters. The first-order valence-electron chi connectivity index (χ1n) is 8.51. The van der Waals surface area contributed by atoms with Crippen LogP contribution in [0.4, 0.5) is 0 Å². The van der Waals surface area contributed by atoms with Crippen molar-refractivity contribution in [3.8, 4) is 11.4 Å². The lowest BCUT2D eigenvalue weighted by Crippen LogP contribution is -2.31. The first-order valence-corrected chi connectivity index (χ1v) is 8.51. The Morgan fingerprint density at radius 3 is 2.41 bits per heavy atom. The highest BCUT2D eigenvalue weighted by Crippen LogP contribution is 2.16. The third-order valence-electron chi connectivity index (χ3n) is 4.08. The van der Waals surface area contributed by atoms with E-state index in [-0.39, 0.29) is 24.3 Å². The standard InChI is InChI=1S/C20H20N4O3/c1-14(16-3-7-18(8-4-16)24-13-21-12-22-24)23-20(26)11-27-19-9-5-17(6-10-19)15(2)25/h3-10,12-14H,11H2,1-2H3,(H,23,26)/t14-/m0/s1. The first-order chi connectivity index (χ1) is 13.0. The lowest BCUT2D eigenvalue weighted by atomic mass is 10.1. The van der Waals surface area contributed by atoms with E-state index < -0.39 is 0 Å². The van der Waals surface area contributed by atoms with Crippen LogP contribution in [0.5, 0.6) is 5.75 Å². The quantitative estimate of drug-likeness (QED) is 0.652. The van der Waals surface area contributed by atoms with Crippen molar-refractivity contribution < 1.29 is 14.3 Å². The molecule has 7 heteroatoms. The third kappa shape index (κ3) is 4.78. The summed E-state index contributed by atoms with van der Waals surface area (Å²) in [6, 6.07) is 14.2. The largest absolute Gasteiger partial charge is 0.484 e. The molecule has 1 N–H and O–H groups in total. The normalized spacial score (nSPS) is 11.6. The molecule has 0 radical (unpaired) electrons. The van der Waals surface area contributed by atoms with Crippen molar-refractivity contribution in [2.24, 2.45) is 0 Å². The second kappa shape index (κ2) is 8.27. The SMILES string of the molecule is CC(=O)c1ccc(OCC(=O)N[C@@H](C)c2ccc(-n3cncn3)cc2)cc1. The fraction of sp³-hybridized carbons (Fsp3) is 0.200. The maximum atomic E-state index is 12.1. The number of carbonyl (C=O) groups excluding carboxylic acids is 2. The van der Waals surface area contributed by atoms with E-state index in [0.717, 1.165) is 11.3 Å². The van der Waals surface area contributed by atoms with Gasteiger partial charge in [-0.2, -0.15) is 5.10 Å². The molecule has 7 nitrogen and oxygen atoms in total. The smallest absolute Gasteiger partial charge is 0.258 e. The molecular weight excluding hydrogens is 344 g/mol. The van der Waals surface area contributed by atoms with Crippen LogP contribution >= 0.6 is 0 Å². The molecule has 2 aromatic carbocycles. The minimum atomic E-state index is -0.224. The number of amides is 1. The van der Waals surface area contributed by atoms with Crippen LogP contribution < -0.4 is 10.1 Å². The van der Waals surface area contributed by atoms with Crippen LogP contribution in [0, 0.1) is 0 Å². The van der Waals surface area contributed by atoms with E-state index in [1.807, 2.05) is 31.2 Å². The molecule has 0 spiro atoms. The van der Waals surface area contributed by atoms with Gasteiger partial charge < -0.3 is 10.1 Å². The maximum Gasteiger partial charge on any atom is 0.258 e. The van der Waals surface area contributed by atoms with E-state index in [4.69, 9.17) is 4.74 Å². The van der Waals surface area contributed by atoms with Gasteiger partial charge in [0, 0.05) is 5.56 Å². The molecule has 27 heavy (non-hydrogen) atoms. The summed E-state index contributed by atoms with van der Waals surface area (Å²) in [5, 5.41) is 6.98. The van der Waals surface area contributed by atoms with Crippen LogP contribution in [-0.2, 0) is 4.79 Å². The number of benzene rings is 2. The summed E-state index contributed by atoms with van der Waals surface area (Å²) in [6.07, 6.45) is 3.10. The van der Waals surface area contributed by atoms with Gasteiger partial charge in [-0.15, -0.1) is 0 Å². The summed E-state index contributed by atoms with van der Waals surface area (Å²) < 4.78 is 7.13. The molecular formula is C20H20N4O3. The van der Waals surface area contributed by atoms with Gasteiger partial charge in [0.1, 0.15) is 18.4 Å². The maximum absolute atomic E-state index is 12.1. The van der Waals surface area contributed by atoms with Gasteiger partial charge >= 0.3 is 0 Å². The highest BCUT2D eigenvalue weighted by atomic mass is 16.5. The number of rotatable bonds is 7. The highest BCUT2D eigenvalue weighted by Gasteiger charge is 2.11. The molecule has 1 heterocycles. The minimum absolute atomic E-state index is 0.0112. The van der Waals surface area contributed by atoms with Gasteiger partial charge in [0.25, 0.3) is 5.91 Å². The van der Waals surface area contributed by atoms with Gasteiger partial charge in [0.15, 0.2) is 12.4 Å². The van der Waals surface area contributed by atoms with Gasteiger partial charge in [0.05, 0.1) is 11.7 Å². The van der Waals surface area contributed by atoms with Gasteiger partial charge in [-0.25, -0.2) is 9.67 Å². The summed E-state index contributed by atoms with van der Waals surface area (Å²) in [7, 11) is 0. The number of hydrogen-bond acceptors (Lipinski definition) is 5. The van der Waals surface area contributed by atoms with E-state index >= 15 is 0 Å². The summed E-state index contributed by atoms with van der Waals surface area (Å²) in [5.41, 5.74) is 2.47. The molecule has 0 saturated carbocycles. The van der Waals surface area contributed by atoms with Crippen LogP contribution in [-0.4, -0.2) is 33.1 Å². The third-order valence-corrected chi connectivity index (χ3v) is 4.08. The van der Waals surface area contributed by atoms with E-state index in [2.05, 4.69) is 15.4 Å². The van der Waals surface area contributed by atoms with Crippen molar-refractivity contribution in [2.75, 3.05) is 6.61 Å². The number of nitrogens with zero attached hydrogens (tertiary/aromatic N) is 3. The van der Waals surface area contributed by atoms with Crippen molar-refractivity contribution in [2.45, 2.75) is 19.9 Å². The predicted octanol–water partition coefficient (Wildman–Crippen LogP) is 2.73. The fourth-order valence-corrected chi connectivity index (χ4v) is 2.56. The van der Waals surface area contributed by atoms with E-state index in [1.165, 1.54) is 13.3 Å². The second-order valence-electron chi connectivity index (χ2n) is 6.09. The molecule has 0 fully saturated rings. The summed E-state index contributed by atoms with van der Waals surface area (Å²) in [6.45, 7) is 3.31. The monoisotopic (exact) mass is 364 g/mol. The Bertz CT molecular complexity index is 903. The van der Waals surface area contributed by atoms with Gasteiger partial charge in [-0.05, 0) is 55.8 Å². The van der Waals surface area contributed by atoms with Crippen molar-refractivity contribution in [3.05, 3.63) is 72.3 Å². The Balaban J connectivity index is 1.52. The summed E-state index contributed by atoms with van der Waals surface area (Å²) in [4.78, 5) is 27.3. The van der Waals surface area contributed by atoms with Gasteiger partial charge in [-0.1, -0.05) is 12.1 Å². The van der Waals surface area contributed by atoms with Crippen LogP contribution in [0.25, 0.3) is 5.69 Å². The zero-order chi connectivity index (χ0) is 19.2. The minimum Gasteiger partial charge on any atom is -0.484 e. The number of Topliss-reactive ketones (excluding diaryl/α,β-unsaturated/α-hetero) is 1. The molecule has 1 atom stereocenters. The number of ketones is 1. The molecule has 1 amide bonds. The summed E-state index contributed by atoms with van der Waals surface area (Å²) >= 11 is 0. The average molecular weight is 364 g/mol. The van der Waals surface area contributed by atoms with Crippen molar-refractivity contribution in [1.29, 1.82) is 0 Å². The fourth-order valence-electron chi connectivity index (χ4n) is 2.56. The Kier molecular flexibility index (Phi) is 5.61. The van der Waals surface area contributed by atoms with E-state index in [0.29, 0.717) is 11.3 Å². The average Bonchev–Trinajstić information content (AvgIpc) is 3.21.